The van der Waals surface area contributed by atoms with Gasteiger partial charge < -0.3 is 24.3 Å². The van der Waals surface area contributed by atoms with Crippen LogP contribution < -0.4 is 10.2 Å². The van der Waals surface area contributed by atoms with Gasteiger partial charge in [0.05, 0.1) is 12.9 Å². The number of carbonyl (C=O) groups is 2. The number of hydrogen-bond donors (Lipinski definition) is 1. The molecule has 1 aromatic carbocycles. The number of anilines is 2. The summed E-state index contributed by atoms with van der Waals surface area (Å²) < 4.78 is 10.5. The lowest BCUT2D eigenvalue weighted by Gasteiger charge is -2.25. The molecule has 0 radical (unpaired) electrons. The van der Waals surface area contributed by atoms with Crippen LogP contribution in [-0.2, 0) is 16.1 Å². The highest BCUT2D eigenvalue weighted by Crippen LogP contribution is 2.31. The van der Waals surface area contributed by atoms with E-state index >= 15 is 0 Å². The Balaban J connectivity index is 1.84. The van der Waals surface area contributed by atoms with Crippen molar-refractivity contribution in [2.75, 3.05) is 44.6 Å². The monoisotopic (exact) mass is 385 g/mol. The molecule has 7 nitrogen and oxygen atoms in total. The number of nitrogens with one attached hydrogen (secondary N) is 1. The Morgan fingerprint density at radius 3 is 2.64 bits per heavy atom. The summed E-state index contributed by atoms with van der Waals surface area (Å²) in [5, 5.41) is 2.98. The van der Waals surface area contributed by atoms with Gasteiger partial charge in [0, 0.05) is 51.6 Å². The second kappa shape index (κ2) is 8.93. The van der Waals surface area contributed by atoms with Crippen molar-refractivity contribution in [3.8, 4) is 0 Å². The molecule has 2 aromatic rings. The quantitative estimate of drug-likeness (QED) is 0.718. The van der Waals surface area contributed by atoms with Crippen LogP contribution in [0.15, 0.2) is 41.0 Å². The van der Waals surface area contributed by atoms with Gasteiger partial charge in [0.2, 0.25) is 5.91 Å². The lowest BCUT2D eigenvalue weighted by atomic mass is 10.1. The van der Waals surface area contributed by atoms with Gasteiger partial charge in [-0.3, -0.25) is 9.59 Å². The molecule has 0 bridgehead atoms. The fraction of sp³-hybridized carbons (Fsp3) is 0.429. The van der Waals surface area contributed by atoms with Gasteiger partial charge in [-0.1, -0.05) is 0 Å². The number of amides is 2. The fourth-order valence-electron chi connectivity index (χ4n) is 3.03. The van der Waals surface area contributed by atoms with E-state index in [0.29, 0.717) is 25.5 Å². The number of ether oxygens (including phenoxy) is 1. The number of nitrogens with zero attached hydrogens (tertiary/aromatic N) is 2. The summed E-state index contributed by atoms with van der Waals surface area (Å²) in [6.45, 7) is 1.23. The lowest BCUT2D eigenvalue weighted by Crippen LogP contribution is -2.33. The first-order chi connectivity index (χ1) is 13.5. The largest absolute Gasteiger partial charge is 0.459 e. The molecule has 1 aliphatic rings. The molecule has 150 valence electrons. The number of methoxy groups -OCH3 is 1. The van der Waals surface area contributed by atoms with Gasteiger partial charge in [0.25, 0.3) is 5.91 Å². The van der Waals surface area contributed by atoms with Crippen LogP contribution in [0.2, 0.25) is 0 Å². The summed E-state index contributed by atoms with van der Waals surface area (Å²) in [7, 11) is 5.51. The predicted molar refractivity (Wildman–Crippen MR) is 107 cm³/mol. The van der Waals surface area contributed by atoms with E-state index in [1.807, 2.05) is 37.2 Å². The second-order valence-electron chi connectivity index (χ2n) is 7.20. The topological polar surface area (TPSA) is 75.0 Å². The molecule has 0 unspecified atom stereocenters. The van der Waals surface area contributed by atoms with Gasteiger partial charge in [-0.15, -0.1) is 0 Å². The molecule has 0 aliphatic heterocycles. The Morgan fingerprint density at radius 2 is 2.04 bits per heavy atom. The molecule has 1 saturated carbocycles. The number of rotatable bonds is 9. The number of carbonyl (C=O) groups excluding carboxylic acids is 2. The van der Waals surface area contributed by atoms with Crippen LogP contribution >= 0.6 is 0 Å². The SMILES string of the molecule is COCCN(Cc1cc(NC(=O)C2CC2)ccc1N(C)C)C(=O)c1ccco1. The van der Waals surface area contributed by atoms with Crippen LogP contribution in [0.4, 0.5) is 11.4 Å². The van der Waals surface area contributed by atoms with Crippen LogP contribution in [0.1, 0.15) is 29.0 Å². The summed E-state index contributed by atoms with van der Waals surface area (Å²) in [5.74, 6) is 0.294. The van der Waals surface area contributed by atoms with Gasteiger partial charge in [-0.25, -0.2) is 0 Å². The summed E-state index contributed by atoms with van der Waals surface area (Å²) >= 11 is 0. The van der Waals surface area contributed by atoms with Gasteiger partial charge in [0.15, 0.2) is 5.76 Å². The first-order valence-electron chi connectivity index (χ1n) is 9.42. The highest BCUT2D eigenvalue weighted by Gasteiger charge is 2.29. The Bertz CT molecular complexity index is 813. The molecule has 7 heteroatoms. The standard InChI is InChI=1S/C21H27N3O4/c1-23(2)18-9-8-17(22-20(25)15-6-7-15)13-16(18)14-24(10-12-27-3)21(26)19-5-4-11-28-19/h4-5,8-9,11,13,15H,6-7,10,12,14H2,1-3H3,(H,22,25). The molecule has 3 rings (SSSR count). The van der Waals surface area contributed by atoms with Crippen LogP contribution in [0, 0.1) is 5.92 Å². The van der Waals surface area contributed by atoms with E-state index in [4.69, 9.17) is 9.15 Å². The zero-order valence-electron chi connectivity index (χ0n) is 16.6. The maximum absolute atomic E-state index is 12.9. The van der Waals surface area contributed by atoms with Crippen molar-refractivity contribution in [1.82, 2.24) is 4.90 Å². The van der Waals surface area contributed by atoms with Gasteiger partial charge >= 0.3 is 0 Å². The lowest BCUT2D eigenvalue weighted by molar-refractivity contribution is -0.117. The van der Waals surface area contributed by atoms with E-state index in [9.17, 15) is 9.59 Å². The average molecular weight is 385 g/mol. The third-order valence-corrected chi connectivity index (χ3v) is 4.72. The average Bonchev–Trinajstić information content (AvgIpc) is 3.39. The summed E-state index contributed by atoms with van der Waals surface area (Å²) in [5.41, 5.74) is 2.67. The van der Waals surface area contributed by atoms with Crippen molar-refractivity contribution >= 4 is 23.2 Å². The fourth-order valence-corrected chi connectivity index (χ4v) is 3.03. The third-order valence-electron chi connectivity index (χ3n) is 4.72. The molecule has 0 spiro atoms. The maximum Gasteiger partial charge on any atom is 0.289 e. The smallest absolute Gasteiger partial charge is 0.289 e. The summed E-state index contributed by atoms with van der Waals surface area (Å²) in [4.78, 5) is 28.7. The Hall–Kier alpha value is -2.80. The molecule has 1 fully saturated rings. The number of benzene rings is 1. The minimum Gasteiger partial charge on any atom is -0.459 e. The molecule has 28 heavy (non-hydrogen) atoms. The molecule has 1 N–H and O–H groups in total. The molecule has 1 aliphatic carbocycles. The van der Waals surface area contributed by atoms with Crippen molar-refractivity contribution in [3.05, 3.63) is 47.9 Å². The summed E-state index contributed by atoms with van der Waals surface area (Å²) in [6, 6.07) is 9.14. The van der Waals surface area contributed by atoms with Gasteiger partial charge in [-0.2, -0.15) is 0 Å². The van der Waals surface area contributed by atoms with Crippen molar-refractivity contribution < 1.29 is 18.7 Å². The van der Waals surface area contributed by atoms with E-state index in [1.54, 1.807) is 24.1 Å². The maximum atomic E-state index is 12.9. The summed E-state index contributed by atoms with van der Waals surface area (Å²) in [6.07, 6.45) is 3.40. The second-order valence-corrected chi connectivity index (χ2v) is 7.20. The van der Waals surface area contributed by atoms with Crippen molar-refractivity contribution in [3.63, 3.8) is 0 Å². The van der Waals surface area contributed by atoms with E-state index in [-0.39, 0.29) is 17.7 Å². The minimum absolute atomic E-state index is 0.0615. The van der Waals surface area contributed by atoms with Crippen LogP contribution in [-0.4, -0.2) is 51.1 Å². The number of furan rings is 1. The van der Waals surface area contributed by atoms with E-state index in [2.05, 4.69) is 5.32 Å². The molecule has 1 aromatic heterocycles. The first-order valence-corrected chi connectivity index (χ1v) is 9.42. The van der Waals surface area contributed by atoms with Crippen molar-refractivity contribution in [2.24, 2.45) is 5.92 Å². The normalized spacial score (nSPS) is 13.2. The van der Waals surface area contributed by atoms with Gasteiger partial charge in [0.1, 0.15) is 0 Å². The zero-order chi connectivity index (χ0) is 20.1. The molecule has 0 atom stereocenters. The van der Waals surface area contributed by atoms with E-state index in [0.717, 1.165) is 29.8 Å². The molecule has 1 heterocycles. The minimum atomic E-state index is -0.195. The Morgan fingerprint density at radius 1 is 1.25 bits per heavy atom. The van der Waals surface area contributed by atoms with Crippen molar-refractivity contribution in [2.45, 2.75) is 19.4 Å². The molecular weight excluding hydrogens is 358 g/mol. The van der Waals surface area contributed by atoms with Crippen LogP contribution in [0.5, 0.6) is 0 Å². The van der Waals surface area contributed by atoms with E-state index < -0.39 is 0 Å². The van der Waals surface area contributed by atoms with E-state index in [1.165, 1.54) is 6.26 Å². The highest BCUT2D eigenvalue weighted by molar-refractivity contribution is 5.94. The first kappa shape index (κ1) is 19.9. The van der Waals surface area contributed by atoms with Gasteiger partial charge in [-0.05, 0) is 48.7 Å². The third kappa shape index (κ3) is 4.92. The molecule has 0 saturated heterocycles. The van der Waals surface area contributed by atoms with Crippen LogP contribution in [0.25, 0.3) is 0 Å². The molecular formula is C21H27N3O4. The predicted octanol–water partition coefficient (Wildman–Crippen LogP) is 2.98. The Labute approximate surface area is 165 Å². The van der Waals surface area contributed by atoms with Crippen molar-refractivity contribution in [1.29, 1.82) is 0 Å². The zero-order valence-corrected chi connectivity index (χ0v) is 16.6. The molecule has 2 amide bonds. The number of hydrogen-bond acceptors (Lipinski definition) is 5. The highest BCUT2D eigenvalue weighted by atomic mass is 16.5. The Kier molecular flexibility index (Phi) is 6.36. The van der Waals surface area contributed by atoms with Crippen LogP contribution in [0.3, 0.4) is 0 Å².